The molecule has 5 heteroatoms. The van der Waals surface area contributed by atoms with Crippen LogP contribution in [0.5, 0.6) is 11.6 Å². The van der Waals surface area contributed by atoms with Gasteiger partial charge >= 0.3 is 0 Å². The fourth-order valence-corrected chi connectivity index (χ4v) is 2.48. The third-order valence-electron chi connectivity index (χ3n) is 3.65. The first kappa shape index (κ1) is 16.1. The molecule has 1 heterocycles. The molecular weight excluding hydrogens is 304 g/mol. The number of pyridine rings is 1. The molecule has 0 saturated carbocycles. The summed E-state index contributed by atoms with van der Waals surface area (Å²) in [7, 11) is 1.63. The van der Waals surface area contributed by atoms with Crippen molar-refractivity contribution in [2.24, 2.45) is 0 Å². The quantitative estimate of drug-likeness (QED) is 0.698. The molecule has 0 fully saturated rings. The van der Waals surface area contributed by atoms with Crippen LogP contribution in [0.25, 0.3) is 10.9 Å². The largest absolute Gasteiger partial charge is 0.491 e. The van der Waals surface area contributed by atoms with Crippen molar-refractivity contribution in [3.63, 3.8) is 0 Å². The number of ether oxygens (including phenoxy) is 2. The van der Waals surface area contributed by atoms with Gasteiger partial charge in [0.25, 0.3) is 0 Å². The molecule has 1 aromatic heterocycles. The summed E-state index contributed by atoms with van der Waals surface area (Å²) in [5, 5.41) is 13.2. The lowest BCUT2D eigenvalue weighted by Crippen LogP contribution is -2.04. The Kier molecular flexibility index (Phi) is 5.13. The van der Waals surface area contributed by atoms with Gasteiger partial charge in [0.05, 0.1) is 19.2 Å². The Labute approximate surface area is 140 Å². The third-order valence-corrected chi connectivity index (χ3v) is 3.65. The van der Waals surface area contributed by atoms with Crippen LogP contribution < -0.4 is 14.8 Å². The lowest BCUT2D eigenvalue weighted by Gasteiger charge is -2.12. The van der Waals surface area contributed by atoms with Crippen molar-refractivity contribution < 1.29 is 14.6 Å². The Morgan fingerprint density at radius 3 is 2.62 bits per heavy atom. The molecule has 0 spiro atoms. The first-order chi connectivity index (χ1) is 11.8. The number of nitrogens with zero attached hydrogens (tertiary/aromatic N) is 1. The fourth-order valence-electron chi connectivity index (χ4n) is 2.48. The molecule has 0 saturated heterocycles. The second-order valence-electron chi connectivity index (χ2n) is 5.30. The predicted octanol–water partition coefficient (Wildman–Crippen LogP) is 3.23. The van der Waals surface area contributed by atoms with Crippen LogP contribution in [0, 0.1) is 0 Å². The van der Waals surface area contributed by atoms with E-state index >= 15 is 0 Å². The highest BCUT2D eigenvalue weighted by atomic mass is 16.5. The average Bonchev–Trinajstić information content (AvgIpc) is 2.64. The Morgan fingerprint density at radius 2 is 1.88 bits per heavy atom. The van der Waals surface area contributed by atoms with Crippen LogP contribution in [0.15, 0.2) is 54.6 Å². The maximum atomic E-state index is 8.76. The monoisotopic (exact) mass is 324 g/mol. The second kappa shape index (κ2) is 7.66. The zero-order valence-corrected chi connectivity index (χ0v) is 13.5. The minimum absolute atomic E-state index is 0.00869. The molecule has 0 aliphatic rings. The van der Waals surface area contributed by atoms with Crippen LogP contribution >= 0.6 is 0 Å². The van der Waals surface area contributed by atoms with E-state index in [9.17, 15) is 0 Å². The summed E-state index contributed by atoms with van der Waals surface area (Å²) < 4.78 is 10.8. The number of para-hydroxylation sites is 1. The summed E-state index contributed by atoms with van der Waals surface area (Å²) >= 11 is 0. The van der Waals surface area contributed by atoms with Crippen LogP contribution in [0.4, 0.5) is 5.69 Å². The molecule has 5 nitrogen and oxygen atoms in total. The van der Waals surface area contributed by atoms with Gasteiger partial charge in [0.2, 0.25) is 5.88 Å². The number of aliphatic hydroxyl groups excluding tert-OH is 1. The Hall–Kier alpha value is -2.79. The second-order valence-corrected chi connectivity index (χ2v) is 5.30. The summed E-state index contributed by atoms with van der Waals surface area (Å²) in [5.41, 5.74) is 2.89. The van der Waals surface area contributed by atoms with Crippen LogP contribution in [0.3, 0.4) is 0 Å². The lowest BCUT2D eigenvalue weighted by molar-refractivity contribution is 0.201. The van der Waals surface area contributed by atoms with E-state index in [1.807, 2.05) is 48.5 Å². The van der Waals surface area contributed by atoms with Gasteiger partial charge in [-0.1, -0.05) is 18.2 Å². The molecule has 2 aromatic carbocycles. The first-order valence-corrected chi connectivity index (χ1v) is 7.80. The molecule has 2 N–H and O–H groups in total. The van der Waals surface area contributed by atoms with Gasteiger partial charge in [0.15, 0.2) is 0 Å². The number of aliphatic hydroxyl groups is 1. The van der Waals surface area contributed by atoms with Crippen molar-refractivity contribution in [2.75, 3.05) is 25.6 Å². The molecule has 0 bridgehead atoms. The number of hydrogen-bond acceptors (Lipinski definition) is 5. The standard InChI is InChI=1S/C19H20N2O3/c1-23-19-15(12-14-4-2-3-5-18(14)21-19)13-20-16-6-8-17(9-7-16)24-11-10-22/h2-9,12,20,22H,10-11,13H2,1H3. The summed E-state index contributed by atoms with van der Waals surface area (Å²) in [6.45, 7) is 0.916. The van der Waals surface area contributed by atoms with Gasteiger partial charge in [-0.25, -0.2) is 4.98 Å². The molecule has 0 amide bonds. The number of aromatic nitrogens is 1. The SMILES string of the molecule is COc1nc2ccccc2cc1CNc1ccc(OCCO)cc1. The summed E-state index contributed by atoms with van der Waals surface area (Å²) in [5.74, 6) is 1.36. The van der Waals surface area contributed by atoms with Crippen LogP contribution in [-0.2, 0) is 6.54 Å². The maximum Gasteiger partial charge on any atom is 0.218 e. The highest BCUT2D eigenvalue weighted by Gasteiger charge is 2.07. The fraction of sp³-hybridized carbons (Fsp3) is 0.211. The predicted molar refractivity (Wildman–Crippen MR) is 94.6 cm³/mol. The molecule has 0 unspecified atom stereocenters. The van der Waals surface area contributed by atoms with E-state index in [1.165, 1.54) is 0 Å². The number of benzene rings is 2. The van der Waals surface area contributed by atoms with E-state index < -0.39 is 0 Å². The van der Waals surface area contributed by atoms with Gasteiger partial charge in [-0.2, -0.15) is 0 Å². The van der Waals surface area contributed by atoms with Crippen molar-refractivity contribution in [3.05, 3.63) is 60.2 Å². The van der Waals surface area contributed by atoms with E-state index in [1.54, 1.807) is 7.11 Å². The number of methoxy groups -OCH3 is 1. The van der Waals surface area contributed by atoms with Crippen LogP contribution in [0.1, 0.15) is 5.56 Å². The van der Waals surface area contributed by atoms with Gasteiger partial charge in [-0.05, 0) is 36.4 Å². The van der Waals surface area contributed by atoms with Crippen LogP contribution in [-0.4, -0.2) is 30.4 Å². The van der Waals surface area contributed by atoms with Crippen molar-refractivity contribution in [1.82, 2.24) is 4.98 Å². The van der Waals surface area contributed by atoms with E-state index in [0.717, 1.165) is 27.9 Å². The van der Waals surface area contributed by atoms with Crippen molar-refractivity contribution in [1.29, 1.82) is 0 Å². The number of nitrogens with one attached hydrogen (secondary N) is 1. The van der Waals surface area contributed by atoms with Crippen molar-refractivity contribution in [2.45, 2.75) is 6.54 Å². The lowest BCUT2D eigenvalue weighted by atomic mass is 10.1. The number of fused-ring (bicyclic) bond motifs is 1. The van der Waals surface area contributed by atoms with E-state index in [4.69, 9.17) is 14.6 Å². The average molecular weight is 324 g/mol. The molecule has 0 aliphatic heterocycles. The summed E-state index contributed by atoms with van der Waals surface area (Å²) in [6, 6.07) is 17.7. The molecule has 3 rings (SSSR count). The summed E-state index contributed by atoms with van der Waals surface area (Å²) in [6.07, 6.45) is 0. The zero-order chi connectivity index (χ0) is 16.8. The topological polar surface area (TPSA) is 63.6 Å². The zero-order valence-electron chi connectivity index (χ0n) is 13.5. The summed E-state index contributed by atoms with van der Waals surface area (Å²) in [4.78, 5) is 4.55. The molecule has 3 aromatic rings. The van der Waals surface area contributed by atoms with Gasteiger partial charge in [-0.3, -0.25) is 0 Å². The normalized spacial score (nSPS) is 10.6. The highest BCUT2D eigenvalue weighted by Crippen LogP contribution is 2.23. The third kappa shape index (κ3) is 3.75. The number of anilines is 1. The molecule has 0 radical (unpaired) electrons. The van der Waals surface area contributed by atoms with Crippen molar-refractivity contribution >= 4 is 16.6 Å². The Bertz CT molecular complexity index is 803. The van der Waals surface area contributed by atoms with Gasteiger partial charge in [0, 0.05) is 23.2 Å². The van der Waals surface area contributed by atoms with E-state index in [2.05, 4.69) is 16.4 Å². The minimum atomic E-state index is 0.00869. The Morgan fingerprint density at radius 1 is 1.08 bits per heavy atom. The number of rotatable bonds is 7. The maximum absolute atomic E-state index is 8.76. The molecule has 124 valence electrons. The number of hydrogen-bond donors (Lipinski definition) is 2. The first-order valence-electron chi connectivity index (χ1n) is 7.80. The smallest absolute Gasteiger partial charge is 0.218 e. The minimum Gasteiger partial charge on any atom is -0.491 e. The Balaban J connectivity index is 1.72. The van der Waals surface area contributed by atoms with Crippen molar-refractivity contribution in [3.8, 4) is 11.6 Å². The van der Waals surface area contributed by atoms with Gasteiger partial charge in [-0.15, -0.1) is 0 Å². The van der Waals surface area contributed by atoms with Gasteiger partial charge in [0.1, 0.15) is 12.4 Å². The molecule has 24 heavy (non-hydrogen) atoms. The van der Waals surface area contributed by atoms with Crippen LogP contribution in [0.2, 0.25) is 0 Å². The molecule has 0 atom stereocenters. The highest BCUT2D eigenvalue weighted by molar-refractivity contribution is 5.80. The van der Waals surface area contributed by atoms with E-state index in [-0.39, 0.29) is 6.61 Å². The van der Waals surface area contributed by atoms with Gasteiger partial charge < -0.3 is 19.9 Å². The molecule has 0 aliphatic carbocycles. The van der Waals surface area contributed by atoms with E-state index in [0.29, 0.717) is 19.0 Å². The molecular formula is C19H20N2O3.